The van der Waals surface area contributed by atoms with Crippen molar-refractivity contribution in [2.75, 3.05) is 6.54 Å². The zero-order valence-corrected chi connectivity index (χ0v) is 19.6. The molecule has 0 amide bonds. The van der Waals surface area contributed by atoms with E-state index in [0.29, 0.717) is 13.0 Å². The average molecular weight is 521 g/mol. The highest BCUT2D eigenvalue weighted by Crippen LogP contribution is 2.30. The van der Waals surface area contributed by atoms with Crippen molar-refractivity contribution in [3.63, 3.8) is 0 Å². The van der Waals surface area contributed by atoms with Crippen molar-refractivity contribution in [2.24, 2.45) is 0 Å². The van der Waals surface area contributed by atoms with E-state index in [1.54, 1.807) is 0 Å². The molecule has 0 saturated carbocycles. The molecule has 1 heterocycles. The lowest BCUT2D eigenvalue weighted by molar-refractivity contribution is 0.0472. The van der Waals surface area contributed by atoms with Crippen LogP contribution in [0.3, 0.4) is 0 Å². The van der Waals surface area contributed by atoms with Gasteiger partial charge in [0.1, 0.15) is 11.5 Å². The molecular weight excluding hydrogens is 502 g/mol. The molecule has 1 aliphatic rings. The lowest BCUT2D eigenvalue weighted by Gasteiger charge is -2.28. The molecule has 5 nitrogen and oxygen atoms in total. The number of sulfonamides is 1. The highest BCUT2D eigenvalue weighted by atomic mass is 79.9. The third-order valence-electron chi connectivity index (χ3n) is 5.14. The number of hydrogen-bond donors (Lipinski definition) is 0. The van der Waals surface area contributed by atoms with E-state index in [2.05, 4.69) is 15.9 Å². The van der Waals surface area contributed by atoms with Crippen LogP contribution in [0.1, 0.15) is 27.0 Å². The van der Waals surface area contributed by atoms with Crippen LogP contribution in [0, 0.1) is 0 Å². The Balaban J connectivity index is 1.55. The molecule has 31 heavy (non-hydrogen) atoms. The number of nitrogens with zero attached hydrogens (tertiary/aromatic N) is 1. The minimum atomic E-state index is -3.88. The Bertz CT molecular complexity index is 1250. The SMILES string of the molecule is O=C(OCc1cccc(Br)c1)c1ccc(Cl)c(S(=O)(=O)N2CCc3ccccc3C2)c1. The van der Waals surface area contributed by atoms with E-state index in [4.69, 9.17) is 16.3 Å². The molecule has 0 N–H and O–H groups in total. The van der Waals surface area contributed by atoms with Gasteiger partial charge in [0.15, 0.2) is 0 Å². The summed E-state index contributed by atoms with van der Waals surface area (Å²) >= 11 is 9.61. The van der Waals surface area contributed by atoms with Crippen molar-refractivity contribution in [1.29, 1.82) is 0 Å². The first-order valence-electron chi connectivity index (χ1n) is 9.62. The van der Waals surface area contributed by atoms with E-state index < -0.39 is 16.0 Å². The van der Waals surface area contributed by atoms with Crippen LogP contribution in [0.5, 0.6) is 0 Å². The number of rotatable bonds is 5. The highest BCUT2D eigenvalue weighted by Gasteiger charge is 2.30. The molecule has 0 aromatic heterocycles. The molecule has 0 saturated heterocycles. The molecule has 160 valence electrons. The third kappa shape index (κ3) is 4.85. The van der Waals surface area contributed by atoms with Gasteiger partial charge in [-0.2, -0.15) is 4.31 Å². The number of hydrogen-bond acceptors (Lipinski definition) is 4. The Hall–Kier alpha value is -2.19. The molecule has 0 spiro atoms. The number of carbonyl (C=O) groups excluding carboxylic acids is 1. The summed E-state index contributed by atoms with van der Waals surface area (Å²) in [7, 11) is -3.88. The van der Waals surface area contributed by atoms with Crippen molar-refractivity contribution < 1.29 is 17.9 Å². The number of benzene rings is 3. The van der Waals surface area contributed by atoms with Gasteiger partial charge in [-0.05, 0) is 53.4 Å². The van der Waals surface area contributed by atoms with E-state index in [1.807, 2.05) is 48.5 Å². The number of halogens is 2. The summed E-state index contributed by atoms with van der Waals surface area (Å²) < 4.78 is 34.2. The Labute approximate surface area is 194 Å². The second kappa shape index (κ2) is 9.12. The van der Waals surface area contributed by atoms with Crippen molar-refractivity contribution in [2.45, 2.75) is 24.5 Å². The molecule has 0 bridgehead atoms. The Morgan fingerprint density at radius 1 is 1.03 bits per heavy atom. The molecule has 0 fully saturated rings. The maximum Gasteiger partial charge on any atom is 0.338 e. The Morgan fingerprint density at radius 3 is 2.58 bits per heavy atom. The molecule has 3 aromatic rings. The summed E-state index contributed by atoms with van der Waals surface area (Å²) in [6.07, 6.45) is 0.626. The zero-order valence-electron chi connectivity index (χ0n) is 16.4. The van der Waals surface area contributed by atoms with Crippen LogP contribution in [0.25, 0.3) is 0 Å². The van der Waals surface area contributed by atoms with Crippen LogP contribution >= 0.6 is 27.5 Å². The average Bonchev–Trinajstić information content (AvgIpc) is 2.77. The van der Waals surface area contributed by atoms with Gasteiger partial charge < -0.3 is 4.74 Å². The lowest BCUT2D eigenvalue weighted by Crippen LogP contribution is -2.36. The summed E-state index contributed by atoms with van der Waals surface area (Å²) in [5.41, 5.74) is 3.06. The predicted molar refractivity (Wildman–Crippen MR) is 122 cm³/mol. The van der Waals surface area contributed by atoms with Crippen molar-refractivity contribution >= 4 is 43.5 Å². The molecule has 0 aliphatic carbocycles. The second-order valence-corrected chi connectivity index (χ2v) is 10.4. The van der Waals surface area contributed by atoms with E-state index in [1.165, 1.54) is 22.5 Å². The molecular formula is C23H19BrClNO4S. The summed E-state index contributed by atoms with van der Waals surface area (Å²) in [6.45, 7) is 0.700. The molecule has 0 unspecified atom stereocenters. The highest BCUT2D eigenvalue weighted by molar-refractivity contribution is 9.10. The van der Waals surface area contributed by atoms with Crippen molar-refractivity contribution in [3.8, 4) is 0 Å². The standard InChI is InChI=1S/C23H19BrClNO4S/c24-20-7-3-4-16(12-20)15-30-23(27)18-8-9-21(25)22(13-18)31(28,29)26-11-10-17-5-1-2-6-19(17)14-26/h1-9,12-13H,10-11,14-15H2. The fourth-order valence-corrected chi connectivity index (χ4v) is 5.87. The van der Waals surface area contributed by atoms with Crippen molar-refractivity contribution in [1.82, 2.24) is 4.31 Å². The third-order valence-corrected chi connectivity index (χ3v) is 7.96. The van der Waals surface area contributed by atoms with E-state index in [-0.39, 0.29) is 28.6 Å². The fraction of sp³-hybridized carbons (Fsp3) is 0.174. The van der Waals surface area contributed by atoms with E-state index >= 15 is 0 Å². The summed E-state index contributed by atoms with van der Waals surface area (Å²) in [5.74, 6) is -0.614. The molecule has 3 aromatic carbocycles. The lowest BCUT2D eigenvalue weighted by atomic mass is 10.0. The molecule has 0 radical (unpaired) electrons. The van der Waals surface area contributed by atoms with Gasteiger partial charge in [0.05, 0.1) is 10.6 Å². The van der Waals surface area contributed by atoms with Crippen LogP contribution < -0.4 is 0 Å². The summed E-state index contributed by atoms with van der Waals surface area (Å²) in [4.78, 5) is 12.5. The van der Waals surface area contributed by atoms with Gasteiger partial charge >= 0.3 is 5.97 Å². The monoisotopic (exact) mass is 519 g/mol. The minimum absolute atomic E-state index is 0.0717. The van der Waals surface area contributed by atoms with Gasteiger partial charge in [0.25, 0.3) is 0 Å². The maximum absolute atomic E-state index is 13.3. The number of carbonyl (C=O) groups is 1. The molecule has 1 aliphatic heterocycles. The maximum atomic E-state index is 13.3. The Morgan fingerprint density at radius 2 is 1.81 bits per heavy atom. The van der Waals surface area contributed by atoms with Crippen LogP contribution in [-0.2, 0) is 34.3 Å². The first kappa shape index (κ1) is 22.0. The number of esters is 1. The van der Waals surface area contributed by atoms with E-state index in [9.17, 15) is 13.2 Å². The molecule has 8 heteroatoms. The van der Waals surface area contributed by atoms with Gasteiger partial charge in [-0.1, -0.05) is 63.9 Å². The zero-order chi connectivity index (χ0) is 22.0. The van der Waals surface area contributed by atoms with Gasteiger partial charge in [-0.15, -0.1) is 0 Å². The van der Waals surface area contributed by atoms with Gasteiger partial charge in [0, 0.05) is 17.6 Å². The Kier molecular flexibility index (Phi) is 6.48. The molecule has 0 atom stereocenters. The van der Waals surface area contributed by atoms with Gasteiger partial charge in [0.2, 0.25) is 10.0 Å². The number of ether oxygens (including phenoxy) is 1. The van der Waals surface area contributed by atoms with Crippen LogP contribution in [0.2, 0.25) is 5.02 Å². The first-order valence-corrected chi connectivity index (χ1v) is 12.2. The van der Waals surface area contributed by atoms with E-state index in [0.717, 1.165) is 21.2 Å². The largest absolute Gasteiger partial charge is 0.457 e. The fourth-order valence-electron chi connectivity index (χ4n) is 3.50. The summed E-state index contributed by atoms with van der Waals surface area (Å²) in [5, 5.41) is 0.0717. The molecule has 4 rings (SSSR count). The van der Waals surface area contributed by atoms with Crippen LogP contribution in [0.4, 0.5) is 0 Å². The van der Waals surface area contributed by atoms with Gasteiger partial charge in [-0.3, -0.25) is 0 Å². The second-order valence-electron chi connectivity index (χ2n) is 7.21. The normalized spacial score (nSPS) is 14.1. The summed E-state index contributed by atoms with van der Waals surface area (Å²) in [6, 6.07) is 19.4. The topological polar surface area (TPSA) is 63.7 Å². The smallest absolute Gasteiger partial charge is 0.338 e. The first-order chi connectivity index (χ1) is 14.8. The van der Waals surface area contributed by atoms with Crippen molar-refractivity contribution in [3.05, 3.63) is 98.5 Å². The minimum Gasteiger partial charge on any atom is -0.457 e. The predicted octanol–water partition coefficient (Wildman–Crippen LogP) is 5.21. The quantitative estimate of drug-likeness (QED) is 0.434. The van der Waals surface area contributed by atoms with Gasteiger partial charge in [-0.25, -0.2) is 13.2 Å². The van der Waals surface area contributed by atoms with Crippen LogP contribution in [-0.4, -0.2) is 25.2 Å². The number of fused-ring (bicyclic) bond motifs is 1. The van der Waals surface area contributed by atoms with Crippen LogP contribution in [0.15, 0.2) is 76.1 Å².